The number of fused-ring (bicyclic) bond motifs is 1. The summed E-state index contributed by atoms with van der Waals surface area (Å²) in [5.41, 5.74) is 0.952. The molecule has 2 aromatic heterocycles. The number of aromatic nitrogens is 4. The zero-order chi connectivity index (χ0) is 20.4. The normalized spacial score (nSPS) is 24.9. The fourth-order valence-corrected chi connectivity index (χ4v) is 4.56. The van der Waals surface area contributed by atoms with E-state index in [0.717, 1.165) is 12.0 Å². The number of piperidine rings is 1. The van der Waals surface area contributed by atoms with Crippen LogP contribution >= 0.6 is 0 Å². The second-order valence-corrected chi connectivity index (χ2v) is 7.96. The molecule has 2 saturated heterocycles. The van der Waals surface area contributed by atoms with E-state index in [2.05, 4.69) is 20.2 Å². The first-order valence-electron chi connectivity index (χ1n) is 10.1. The molecular weight excluding hydrogens is 372 g/mol. The first kappa shape index (κ1) is 19.5. The Morgan fingerprint density at radius 2 is 1.93 bits per heavy atom. The Balaban J connectivity index is 1.45. The van der Waals surface area contributed by atoms with Gasteiger partial charge in [0.15, 0.2) is 0 Å². The minimum Gasteiger partial charge on any atom is -0.425 e. The molecule has 2 fully saturated rings. The standard InChI is InChI=1S/C20H26N6O3/c1-13-23-24-19(29-13)17-11-25(2)20(28)16-6-8-26(7-5-15(16)17)18(27)4-3-14-9-21-12-22-10-14/h9-10,12,15-17H,3-8,11H2,1-2H3/t15-,16+,17?/m1/s1. The van der Waals surface area contributed by atoms with E-state index in [1.165, 1.54) is 6.33 Å². The quantitative estimate of drug-likeness (QED) is 0.762. The van der Waals surface area contributed by atoms with Gasteiger partial charge in [0.05, 0.1) is 5.92 Å². The lowest BCUT2D eigenvalue weighted by Crippen LogP contribution is -2.47. The molecule has 29 heavy (non-hydrogen) atoms. The second kappa shape index (κ2) is 8.26. The predicted molar refractivity (Wildman–Crippen MR) is 103 cm³/mol. The minimum atomic E-state index is -0.119. The van der Waals surface area contributed by atoms with Crippen LogP contribution in [0.3, 0.4) is 0 Å². The van der Waals surface area contributed by atoms with Gasteiger partial charge >= 0.3 is 0 Å². The summed E-state index contributed by atoms with van der Waals surface area (Å²) < 4.78 is 5.71. The van der Waals surface area contributed by atoms with Crippen LogP contribution in [0, 0.1) is 18.8 Å². The fourth-order valence-electron chi connectivity index (χ4n) is 4.56. The molecule has 0 bridgehead atoms. The maximum Gasteiger partial charge on any atom is 0.225 e. The molecule has 2 aromatic rings. The van der Waals surface area contributed by atoms with Crippen LogP contribution in [0.4, 0.5) is 0 Å². The zero-order valence-corrected chi connectivity index (χ0v) is 16.8. The molecule has 4 rings (SSSR count). The van der Waals surface area contributed by atoms with Crippen molar-refractivity contribution in [1.29, 1.82) is 0 Å². The van der Waals surface area contributed by atoms with E-state index in [-0.39, 0.29) is 29.6 Å². The SMILES string of the molecule is Cc1nnc(C2CN(C)C(=O)[C@H]3CCN(C(=O)CCc4cncnc4)CC[C@@H]23)o1. The van der Waals surface area contributed by atoms with E-state index < -0.39 is 0 Å². The van der Waals surface area contributed by atoms with Crippen molar-refractivity contribution < 1.29 is 14.0 Å². The van der Waals surface area contributed by atoms with E-state index in [4.69, 9.17) is 4.42 Å². The summed E-state index contributed by atoms with van der Waals surface area (Å²) in [5, 5.41) is 8.19. The third kappa shape index (κ3) is 4.13. The van der Waals surface area contributed by atoms with Gasteiger partial charge < -0.3 is 14.2 Å². The number of amides is 2. The maximum absolute atomic E-state index is 12.8. The molecule has 2 amide bonds. The highest BCUT2D eigenvalue weighted by Gasteiger charge is 2.45. The smallest absolute Gasteiger partial charge is 0.225 e. The van der Waals surface area contributed by atoms with Gasteiger partial charge in [0.1, 0.15) is 6.33 Å². The summed E-state index contributed by atoms with van der Waals surface area (Å²) in [6.07, 6.45) is 7.42. The zero-order valence-electron chi connectivity index (χ0n) is 16.8. The third-order valence-corrected chi connectivity index (χ3v) is 6.09. The van der Waals surface area contributed by atoms with Crippen molar-refractivity contribution in [2.24, 2.45) is 11.8 Å². The van der Waals surface area contributed by atoms with Crippen LogP contribution in [0.15, 0.2) is 23.1 Å². The highest BCUT2D eigenvalue weighted by molar-refractivity contribution is 5.81. The molecule has 1 unspecified atom stereocenters. The van der Waals surface area contributed by atoms with Crippen LogP contribution in [0.1, 0.15) is 42.5 Å². The van der Waals surface area contributed by atoms with Crippen LogP contribution in [0.25, 0.3) is 0 Å². The van der Waals surface area contributed by atoms with Gasteiger partial charge in [-0.15, -0.1) is 10.2 Å². The van der Waals surface area contributed by atoms with E-state index in [1.54, 1.807) is 24.2 Å². The predicted octanol–water partition coefficient (Wildman–Crippen LogP) is 1.21. The number of likely N-dealkylation sites (N-methyl/N-ethyl adjacent to an activating group) is 1. The molecule has 9 nitrogen and oxygen atoms in total. The van der Waals surface area contributed by atoms with Gasteiger partial charge in [-0.3, -0.25) is 9.59 Å². The Hall–Kier alpha value is -2.84. The summed E-state index contributed by atoms with van der Waals surface area (Å²) in [4.78, 5) is 37.3. The summed E-state index contributed by atoms with van der Waals surface area (Å²) in [7, 11) is 1.82. The lowest BCUT2D eigenvalue weighted by atomic mass is 9.74. The van der Waals surface area contributed by atoms with E-state index in [9.17, 15) is 9.59 Å². The summed E-state index contributed by atoms with van der Waals surface area (Å²) in [5.74, 6) is 1.40. The van der Waals surface area contributed by atoms with Crippen molar-refractivity contribution in [1.82, 2.24) is 30.0 Å². The van der Waals surface area contributed by atoms with Gasteiger partial charge in [0, 0.05) is 58.3 Å². The van der Waals surface area contributed by atoms with Crippen molar-refractivity contribution in [2.75, 3.05) is 26.7 Å². The van der Waals surface area contributed by atoms with Gasteiger partial charge in [-0.05, 0) is 30.7 Å². The lowest BCUT2D eigenvalue weighted by molar-refractivity contribution is -0.141. The summed E-state index contributed by atoms with van der Waals surface area (Å²) >= 11 is 0. The molecule has 2 aliphatic heterocycles. The Morgan fingerprint density at radius 1 is 1.17 bits per heavy atom. The number of nitrogens with zero attached hydrogens (tertiary/aromatic N) is 6. The molecule has 0 aromatic carbocycles. The van der Waals surface area contributed by atoms with E-state index in [0.29, 0.717) is 50.7 Å². The second-order valence-electron chi connectivity index (χ2n) is 7.96. The first-order chi connectivity index (χ1) is 14.0. The number of aryl methyl sites for hydroxylation is 2. The van der Waals surface area contributed by atoms with Crippen LogP contribution in [0.5, 0.6) is 0 Å². The monoisotopic (exact) mass is 398 g/mol. The van der Waals surface area contributed by atoms with Gasteiger partial charge in [-0.2, -0.15) is 0 Å². The maximum atomic E-state index is 12.8. The van der Waals surface area contributed by atoms with Crippen molar-refractivity contribution in [3.8, 4) is 0 Å². The Bertz CT molecular complexity index is 870. The van der Waals surface area contributed by atoms with Crippen molar-refractivity contribution in [3.63, 3.8) is 0 Å². The number of likely N-dealkylation sites (tertiary alicyclic amines) is 2. The molecule has 0 spiro atoms. The molecule has 0 radical (unpaired) electrons. The van der Waals surface area contributed by atoms with Crippen molar-refractivity contribution in [2.45, 2.75) is 38.5 Å². The molecule has 2 aliphatic rings. The molecule has 154 valence electrons. The number of hydrogen-bond acceptors (Lipinski definition) is 7. The highest BCUT2D eigenvalue weighted by Crippen LogP contribution is 2.41. The average Bonchev–Trinajstić information content (AvgIpc) is 3.03. The molecule has 3 atom stereocenters. The van der Waals surface area contributed by atoms with E-state index >= 15 is 0 Å². The summed E-state index contributed by atoms with van der Waals surface area (Å²) in [6.45, 7) is 3.59. The Morgan fingerprint density at radius 3 is 2.66 bits per heavy atom. The van der Waals surface area contributed by atoms with Gasteiger partial charge in [0.25, 0.3) is 0 Å². The van der Waals surface area contributed by atoms with Crippen LogP contribution in [-0.4, -0.2) is 68.5 Å². The van der Waals surface area contributed by atoms with Crippen molar-refractivity contribution in [3.05, 3.63) is 36.1 Å². The Labute approximate surface area is 169 Å². The summed E-state index contributed by atoms with van der Waals surface area (Å²) in [6, 6.07) is 0. The average molecular weight is 398 g/mol. The van der Waals surface area contributed by atoms with Gasteiger partial charge in [0.2, 0.25) is 23.6 Å². The molecule has 0 N–H and O–H groups in total. The van der Waals surface area contributed by atoms with Gasteiger partial charge in [-0.25, -0.2) is 9.97 Å². The van der Waals surface area contributed by atoms with E-state index in [1.807, 2.05) is 11.9 Å². The number of rotatable bonds is 4. The Kier molecular flexibility index (Phi) is 5.55. The third-order valence-electron chi connectivity index (χ3n) is 6.09. The van der Waals surface area contributed by atoms with Gasteiger partial charge in [-0.1, -0.05) is 0 Å². The topological polar surface area (TPSA) is 105 Å². The van der Waals surface area contributed by atoms with Crippen LogP contribution in [0.2, 0.25) is 0 Å². The van der Waals surface area contributed by atoms with Crippen LogP contribution in [-0.2, 0) is 16.0 Å². The van der Waals surface area contributed by atoms with Crippen LogP contribution < -0.4 is 0 Å². The molecular formula is C20H26N6O3. The first-order valence-corrected chi connectivity index (χ1v) is 10.1. The van der Waals surface area contributed by atoms with Crippen molar-refractivity contribution >= 4 is 11.8 Å². The lowest BCUT2D eigenvalue weighted by Gasteiger charge is -2.39. The molecule has 0 aliphatic carbocycles. The minimum absolute atomic E-state index is 0.0143. The number of carbonyl (C=O) groups is 2. The molecule has 9 heteroatoms. The largest absolute Gasteiger partial charge is 0.425 e. The molecule has 0 saturated carbocycles. The number of carbonyl (C=O) groups excluding carboxylic acids is 2. The highest BCUT2D eigenvalue weighted by atomic mass is 16.4. The number of hydrogen-bond donors (Lipinski definition) is 0. The fraction of sp³-hybridized carbons (Fsp3) is 0.600. The molecule has 4 heterocycles.